The summed E-state index contributed by atoms with van der Waals surface area (Å²) in [5.74, 6) is 1.06. The molecule has 1 unspecified atom stereocenters. The zero-order valence-electron chi connectivity index (χ0n) is 16.7. The molecule has 7 nitrogen and oxygen atoms in total. The van der Waals surface area contributed by atoms with Crippen molar-refractivity contribution < 1.29 is 14.3 Å². The van der Waals surface area contributed by atoms with Crippen LogP contribution in [0.1, 0.15) is 51.4 Å². The fraction of sp³-hybridized carbons (Fsp3) is 0.895. The van der Waals surface area contributed by atoms with E-state index in [1.807, 2.05) is 0 Å². The number of carbonyl (C=O) groups is 1. The summed E-state index contributed by atoms with van der Waals surface area (Å²) in [6.45, 7) is 2.46. The van der Waals surface area contributed by atoms with Crippen LogP contribution in [0, 0.1) is 5.92 Å². The molecule has 3 rings (SSSR count). The SMILES string of the molecule is CN(C)C(=O)CN=C(NCC1CCCCC1)NC1CCC2(C1)OCCO2.I. The van der Waals surface area contributed by atoms with Gasteiger partial charge in [-0.25, -0.2) is 4.99 Å². The van der Waals surface area contributed by atoms with Gasteiger partial charge in [0.25, 0.3) is 0 Å². The molecule has 1 aliphatic heterocycles. The van der Waals surface area contributed by atoms with Crippen LogP contribution in [0.4, 0.5) is 0 Å². The normalized spacial score (nSPS) is 25.3. The highest BCUT2D eigenvalue weighted by Gasteiger charge is 2.44. The van der Waals surface area contributed by atoms with Crippen LogP contribution in [0.2, 0.25) is 0 Å². The van der Waals surface area contributed by atoms with Crippen LogP contribution in [-0.2, 0) is 14.3 Å². The van der Waals surface area contributed by atoms with Crippen molar-refractivity contribution in [2.24, 2.45) is 10.9 Å². The Morgan fingerprint density at radius 1 is 1.15 bits per heavy atom. The first-order chi connectivity index (χ1) is 12.6. The molecule has 27 heavy (non-hydrogen) atoms. The molecule has 1 amide bonds. The van der Waals surface area contributed by atoms with Gasteiger partial charge in [0.2, 0.25) is 5.91 Å². The highest BCUT2D eigenvalue weighted by Crippen LogP contribution is 2.37. The highest BCUT2D eigenvalue weighted by atomic mass is 127. The van der Waals surface area contributed by atoms with Crippen LogP contribution in [0.15, 0.2) is 4.99 Å². The van der Waals surface area contributed by atoms with E-state index in [-0.39, 0.29) is 42.5 Å². The third-order valence-electron chi connectivity index (χ3n) is 5.74. The Hall–Kier alpha value is -0.610. The number of nitrogens with one attached hydrogen (secondary N) is 2. The minimum atomic E-state index is -0.397. The fourth-order valence-corrected chi connectivity index (χ4v) is 4.12. The zero-order chi connectivity index (χ0) is 18.4. The number of ether oxygens (including phenoxy) is 2. The summed E-state index contributed by atoms with van der Waals surface area (Å²) in [7, 11) is 3.52. The monoisotopic (exact) mass is 494 g/mol. The lowest BCUT2D eigenvalue weighted by Crippen LogP contribution is -2.45. The van der Waals surface area contributed by atoms with Crippen molar-refractivity contribution in [3.05, 3.63) is 0 Å². The standard InChI is InChI=1S/C19H34N4O3.HI/c1-23(2)17(24)14-21-18(20-13-15-6-4-3-5-7-15)22-16-8-9-19(12-16)25-10-11-26-19;/h15-16H,3-14H2,1-2H3,(H2,20,21,22);1H. The topological polar surface area (TPSA) is 75.2 Å². The maximum Gasteiger partial charge on any atom is 0.243 e. The number of nitrogens with zero attached hydrogens (tertiary/aromatic N) is 2. The third kappa shape index (κ3) is 6.74. The molecule has 2 N–H and O–H groups in total. The van der Waals surface area contributed by atoms with Crippen molar-refractivity contribution in [2.75, 3.05) is 40.4 Å². The zero-order valence-corrected chi connectivity index (χ0v) is 19.0. The lowest BCUT2D eigenvalue weighted by molar-refractivity contribution is -0.151. The first-order valence-electron chi connectivity index (χ1n) is 10.1. The largest absolute Gasteiger partial charge is 0.356 e. The summed E-state index contributed by atoms with van der Waals surface area (Å²) in [5, 5.41) is 6.99. The summed E-state index contributed by atoms with van der Waals surface area (Å²) >= 11 is 0. The van der Waals surface area contributed by atoms with E-state index in [0.29, 0.717) is 19.1 Å². The van der Waals surface area contributed by atoms with Gasteiger partial charge in [0, 0.05) is 39.5 Å². The van der Waals surface area contributed by atoms with Gasteiger partial charge in [-0.1, -0.05) is 19.3 Å². The van der Waals surface area contributed by atoms with Crippen molar-refractivity contribution in [3.8, 4) is 0 Å². The molecule has 2 saturated carbocycles. The second kappa shape index (κ2) is 10.8. The second-order valence-corrected chi connectivity index (χ2v) is 8.03. The first-order valence-corrected chi connectivity index (χ1v) is 10.1. The van der Waals surface area contributed by atoms with Crippen LogP contribution < -0.4 is 10.6 Å². The number of guanidine groups is 1. The van der Waals surface area contributed by atoms with Crippen LogP contribution >= 0.6 is 24.0 Å². The molecule has 1 heterocycles. The van der Waals surface area contributed by atoms with Gasteiger partial charge in [-0.05, 0) is 25.2 Å². The summed E-state index contributed by atoms with van der Waals surface area (Å²) in [5.41, 5.74) is 0. The molecule has 1 atom stereocenters. The number of likely N-dealkylation sites (N-methyl/N-ethyl adjacent to an activating group) is 1. The molecular weight excluding hydrogens is 459 g/mol. The molecule has 0 radical (unpaired) electrons. The van der Waals surface area contributed by atoms with Crippen LogP contribution in [0.3, 0.4) is 0 Å². The predicted octanol–water partition coefficient (Wildman–Crippen LogP) is 2.10. The lowest BCUT2D eigenvalue weighted by Gasteiger charge is -2.25. The Morgan fingerprint density at radius 2 is 1.85 bits per heavy atom. The van der Waals surface area contributed by atoms with Gasteiger partial charge in [0.05, 0.1) is 13.2 Å². The Labute approximate surface area is 180 Å². The Balaban J connectivity index is 0.00000261. The van der Waals surface area contributed by atoms with Crippen molar-refractivity contribution in [3.63, 3.8) is 0 Å². The van der Waals surface area contributed by atoms with E-state index < -0.39 is 5.79 Å². The van der Waals surface area contributed by atoms with Gasteiger partial charge in [-0.15, -0.1) is 24.0 Å². The van der Waals surface area contributed by atoms with Crippen molar-refractivity contribution in [1.82, 2.24) is 15.5 Å². The molecule has 3 fully saturated rings. The van der Waals surface area contributed by atoms with E-state index in [0.717, 1.165) is 31.8 Å². The minimum Gasteiger partial charge on any atom is -0.356 e. The average Bonchev–Trinajstić information content (AvgIpc) is 3.27. The molecule has 3 aliphatic rings. The van der Waals surface area contributed by atoms with Gasteiger partial charge >= 0.3 is 0 Å². The predicted molar refractivity (Wildman–Crippen MR) is 116 cm³/mol. The molecule has 0 aromatic heterocycles. The Bertz CT molecular complexity index is 503. The van der Waals surface area contributed by atoms with Gasteiger partial charge in [-0.3, -0.25) is 4.79 Å². The molecule has 0 bridgehead atoms. The average molecular weight is 494 g/mol. The Morgan fingerprint density at radius 3 is 2.52 bits per heavy atom. The number of hydrogen-bond donors (Lipinski definition) is 2. The number of amides is 1. The van der Waals surface area contributed by atoms with Crippen LogP contribution in [-0.4, -0.2) is 69.0 Å². The van der Waals surface area contributed by atoms with Crippen LogP contribution in [0.5, 0.6) is 0 Å². The number of carbonyl (C=O) groups excluding carboxylic acids is 1. The number of aliphatic imine (C=N–C) groups is 1. The number of halogens is 1. The lowest BCUT2D eigenvalue weighted by atomic mass is 9.89. The van der Waals surface area contributed by atoms with E-state index in [2.05, 4.69) is 15.6 Å². The third-order valence-corrected chi connectivity index (χ3v) is 5.74. The van der Waals surface area contributed by atoms with Gasteiger partial charge < -0.3 is 25.0 Å². The number of rotatable bonds is 5. The van der Waals surface area contributed by atoms with E-state index in [1.165, 1.54) is 32.1 Å². The van der Waals surface area contributed by atoms with Gasteiger partial charge in [0.1, 0.15) is 6.54 Å². The molecule has 2 aliphatic carbocycles. The Kier molecular flexibility index (Phi) is 9.07. The second-order valence-electron chi connectivity index (χ2n) is 8.03. The minimum absolute atomic E-state index is 0. The summed E-state index contributed by atoms with van der Waals surface area (Å²) in [4.78, 5) is 18.0. The molecule has 156 valence electrons. The summed E-state index contributed by atoms with van der Waals surface area (Å²) in [6.07, 6.45) is 9.31. The van der Waals surface area contributed by atoms with E-state index in [1.54, 1.807) is 19.0 Å². The van der Waals surface area contributed by atoms with Gasteiger partial charge in [-0.2, -0.15) is 0 Å². The van der Waals surface area contributed by atoms with Crippen molar-refractivity contribution >= 4 is 35.8 Å². The van der Waals surface area contributed by atoms with E-state index >= 15 is 0 Å². The fourth-order valence-electron chi connectivity index (χ4n) is 4.12. The summed E-state index contributed by atoms with van der Waals surface area (Å²) < 4.78 is 11.6. The molecule has 0 aromatic carbocycles. The molecule has 1 saturated heterocycles. The van der Waals surface area contributed by atoms with Gasteiger partial charge in [0.15, 0.2) is 11.7 Å². The maximum absolute atomic E-state index is 11.9. The molecule has 0 aromatic rings. The van der Waals surface area contributed by atoms with E-state index in [9.17, 15) is 4.79 Å². The molecule has 1 spiro atoms. The highest BCUT2D eigenvalue weighted by molar-refractivity contribution is 14.0. The molecular formula is C19H35IN4O3. The smallest absolute Gasteiger partial charge is 0.243 e. The van der Waals surface area contributed by atoms with Crippen molar-refractivity contribution in [1.29, 1.82) is 0 Å². The van der Waals surface area contributed by atoms with Crippen LogP contribution in [0.25, 0.3) is 0 Å². The number of hydrogen-bond acceptors (Lipinski definition) is 4. The first kappa shape index (κ1) is 22.7. The summed E-state index contributed by atoms with van der Waals surface area (Å²) in [6, 6.07) is 0.264. The van der Waals surface area contributed by atoms with E-state index in [4.69, 9.17) is 9.47 Å². The van der Waals surface area contributed by atoms with Crippen molar-refractivity contribution in [2.45, 2.75) is 63.2 Å². The molecule has 8 heteroatoms. The quantitative estimate of drug-likeness (QED) is 0.348. The maximum atomic E-state index is 11.9.